The second-order valence-electron chi connectivity index (χ2n) is 16.2. The molecule has 3 heterocycles. The Bertz CT molecular complexity index is 2150. The summed E-state index contributed by atoms with van der Waals surface area (Å²) in [5.74, 6) is 0. The molecule has 12 nitrogen and oxygen atoms in total. The lowest BCUT2D eigenvalue weighted by Gasteiger charge is -2.55. The van der Waals surface area contributed by atoms with Crippen LogP contribution in [0.4, 0.5) is 0 Å². The van der Waals surface area contributed by atoms with Gasteiger partial charge in [0.2, 0.25) is 0 Å². The smallest absolute Gasteiger partial charge is 0.195 e. The first kappa shape index (κ1) is 41.3. The van der Waals surface area contributed by atoms with E-state index < -0.39 is 74.9 Å². The molecule has 307 valence electrons. The van der Waals surface area contributed by atoms with Crippen molar-refractivity contribution >= 4 is 29.9 Å². The van der Waals surface area contributed by atoms with Crippen molar-refractivity contribution in [2.45, 2.75) is 100 Å². The molecule has 2 bridgehead atoms. The standard InChI is InChI=1S/C46H50N3O9Si/c1-45(2,3)55-29-37-40(52-27-31-23-24-32-17-13-14-18-33(32)25-31)38(50)43(48-49-47)46(57-37,59(34-19-9-5-10-20-34)35-21-11-6-12-22-35)58-41-36-28-54-44(56-36)39(51)42(41)53-26-30-15-7-4-8-16-30/h4-25,36-44,50-51H,26-29H2,1-3H3/t36-,37+,38-,39+,40+,41+,42+,43+,44-,46+/m0/s1. The van der Waals surface area contributed by atoms with Crippen LogP contribution in [0.25, 0.3) is 21.2 Å². The van der Waals surface area contributed by atoms with Gasteiger partial charge in [0.05, 0.1) is 38.1 Å². The zero-order valence-corrected chi connectivity index (χ0v) is 34.3. The van der Waals surface area contributed by atoms with Gasteiger partial charge in [-0.25, -0.2) is 0 Å². The van der Waals surface area contributed by atoms with Crippen LogP contribution in [0, 0.1) is 0 Å². The van der Waals surface area contributed by atoms with E-state index in [9.17, 15) is 15.7 Å². The molecule has 0 amide bonds. The Morgan fingerprint density at radius 3 is 2.02 bits per heavy atom. The van der Waals surface area contributed by atoms with E-state index in [2.05, 4.69) is 16.1 Å². The number of fused-ring (bicyclic) bond motifs is 3. The largest absolute Gasteiger partial charge is 0.390 e. The summed E-state index contributed by atoms with van der Waals surface area (Å²) in [4.78, 5) is 3.32. The van der Waals surface area contributed by atoms with Crippen LogP contribution in [0.1, 0.15) is 31.9 Å². The van der Waals surface area contributed by atoms with Gasteiger partial charge in [-0.05, 0) is 54.3 Å². The molecule has 0 spiro atoms. The molecule has 3 aliphatic rings. The van der Waals surface area contributed by atoms with Crippen molar-refractivity contribution in [2.24, 2.45) is 5.11 Å². The number of azide groups is 1. The van der Waals surface area contributed by atoms with Crippen molar-refractivity contribution in [2.75, 3.05) is 13.2 Å². The zero-order chi connectivity index (χ0) is 41.0. The highest BCUT2D eigenvalue weighted by Crippen LogP contribution is 2.43. The summed E-state index contributed by atoms with van der Waals surface area (Å²) in [6.45, 7) is 6.24. The molecule has 0 aliphatic carbocycles. The maximum atomic E-state index is 12.8. The van der Waals surface area contributed by atoms with Crippen molar-refractivity contribution in [3.05, 3.63) is 155 Å². The molecule has 1 radical (unpaired) electrons. The number of ether oxygens (including phenoxy) is 7. The highest BCUT2D eigenvalue weighted by Gasteiger charge is 2.64. The fraction of sp³-hybridized carbons (Fsp3) is 0.391. The van der Waals surface area contributed by atoms with Crippen LogP contribution < -0.4 is 10.4 Å². The van der Waals surface area contributed by atoms with Gasteiger partial charge in [0, 0.05) is 4.91 Å². The number of aliphatic hydroxyl groups excluding tert-OH is 2. The lowest BCUT2D eigenvalue weighted by Crippen LogP contribution is -2.78. The number of hydrogen-bond donors (Lipinski definition) is 2. The van der Waals surface area contributed by atoms with E-state index in [-0.39, 0.29) is 26.4 Å². The number of rotatable bonds is 14. The van der Waals surface area contributed by atoms with Gasteiger partial charge < -0.3 is 43.4 Å². The quantitative estimate of drug-likeness (QED) is 0.0631. The summed E-state index contributed by atoms with van der Waals surface area (Å²) < 4.78 is 46.6. The second-order valence-corrected chi connectivity index (χ2v) is 18.8. The Morgan fingerprint density at radius 1 is 0.746 bits per heavy atom. The van der Waals surface area contributed by atoms with Crippen LogP contribution in [0.5, 0.6) is 0 Å². The Hall–Kier alpha value is -4.47. The molecule has 59 heavy (non-hydrogen) atoms. The van der Waals surface area contributed by atoms with Gasteiger partial charge in [0.25, 0.3) is 0 Å². The predicted molar refractivity (Wildman–Crippen MR) is 223 cm³/mol. The molecular formula is C46H50N3O9Si. The van der Waals surface area contributed by atoms with Crippen molar-refractivity contribution in [1.29, 1.82) is 0 Å². The third-order valence-corrected chi connectivity index (χ3v) is 14.0. The molecule has 8 rings (SSSR count). The molecule has 5 aromatic carbocycles. The summed E-state index contributed by atoms with van der Waals surface area (Å²) in [5, 5.41) is 32.8. The fourth-order valence-corrected chi connectivity index (χ4v) is 11.4. The van der Waals surface area contributed by atoms with E-state index in [1.807, 2.05) is 148 Å². The van der Waals surface area contributed by atoms with Crippen LogP contribution in [0.3, 0.4) is 0 Å². The van der Waals surface area contributed by atoms with E-state index in [0.29, 0.717) is 0 Å². The summed E-state index contributed by atoms with van der Waals surface area (Å²) >= 11 is 0. The summed E-state index contributed by atoms with van der Waals surface area (Å²) in [5.41, 5.74) is 9.67. The minimum absolute atomic E-state index is 0.00210. The Labute approximate surface area is 345 Å². The van der Waals surface area contributed by atoms with Gasteiger partial charge in [-0.1, -0.05) is 143 Å². The monoisotopic (exact) mass is 816 g/mol. The van der Waals surface area contributed by atoms with E-state index in [0.717, 1.165) is 32.3 Å². The molecule has 0 aromatic heterocycles. The molecular weight excluding hydrogens is 767 g/mol. The maximum absolute atomic E-state index is 12.8. The van der Waals surface area contributed by atoms with Crippen molar-refractivity contribution < 1.29 is 43.4 Å². The van der Waals surface area contributed by atoms with Gasteiger partial charge in [-0.15, -0.1) is 0 Å². The first-order valence-electron chi connectivity index (χ1n) is 20.0. The SMILES string of the molecule is CC(C)(C)OC[C@H]1O[C@](O[C@H]2[C@H](OCc3ccccc3)[C@@H](O)[C@H]3OC[C@@H]2O3)([Si](c2ccccc2)c2ccccc2)[C@H](N=[N+]=[N-])[C@@H](O)[C@@H]1OCc1ccc2ccccc2c1. The van der Waals surface area contributed by atoms with Gasteiger partial charge in [0.1, 0.15) is 42.7 Å². The molecule has 13 heteroatoms. The molecule has 0 unspecified atom stereocenters. The van der Waals surface area contributed by atoms with Crippen molar-refractivity contribution in [3.8, 4) is 0 Å². The molecule has 3 fully saturated rings. The van der Waals surface area contributed by atoms with Crippen LogP contribution in [0.2, 0.25) is 0 Å². The van der Waals surface area contributed by atoms with Crippen LogP contribution in [-0.4, -0.2) is 98.3 Å². The van der Waals surface area contributed by atoms with Crippen molar-refractivity contribution in [1.82, 2.24) is 0 Å². The minimum atomic E-state index is -2.40. The van der Waals surface area contributed by atoms with Crippen molar-refractivity contribution in [3.63, 3.8) is 0 Å². The number of hydrogen-bond acceptors (Lipinski definition) is 10. The van der Waals surface area contributed by atoms with Gasteiger partial charge in [0.15, 0.2) is 20.5 Å². The third-order valence-electron chi connectivity index (χ3n) is 11.0. The third kappa shape index (κ3) is 9.02. The van der Waals surface area contributed by atoms with Gasteiger partial charge in [-0.3, -0.25) is 0 Å². The molecule has 2 N–H and O–H groups in total. The topological polar surface area (TPSA) is 154 Å². The fourth-order valence-electron chi connectivity index (χ4n) is 8.17. The second kappa shape index (κ2) is 18.0. The molecule has 0 saturated carbocycles. The first-order valence-corrected chi connectivity index (χ1v) is 21.5. The number of nitrogens with zero attached hydrogens (tertiary/aromatic N) is 3. The van der Waals surface area contributed by atoms with E-state index in [4.69, 9.17) is 33.2 Å². The molecule has 3 saturated heterocycles. The summed E-state index contributed by atoms with van der Waals surface area (Å²) in [6, 6.07) is 42.0. The Morgan fingerprint density at radius 2 is 1.36 bits per heavy atom. The van der Waals surface area contributed by atoms with E-state index >= 15 is 0 Å². The van der Waals surface area contributed by atoms with Gasteiger partial charge >= 0.3 is 0 Å². The maximum Gasteiger partial charge on any atom is 0.195 e. The summed E-state index contributed by atoms with van der Waals surface area (Å²) in [6.07, 6.45) is -8.27. The number of aliphatic hydroxyl groups is 2. The van der Waals surface area contributed by atoms with Gasteiger partial charge in [-0.2, -0.15) is 0 Å². The Kier molecular flexibility index (Phi) is 12.6. The normalized spacial score (nSPS) is 29.4. The van der Waals surface area contributed by atoms with E-state index in [1.54, 1.807) is 0 Å². The predicted octanol–water partition coefficient (Wildman–Crippen LogP) is 5.61. The highest BCUT2D eigenvalue weighted by atomic mass is 28.3. The highest BCUT2D eigenvalue weighted by molar-refractivity contribution is 6.87. The lowest BCUT2D eigenvalue weighted by molar-refractivity contribution is -0.346. The average molecular weight is 817 g/mol. The van der Waals surface area contributed by atoms with E-state index in [1.165, 1.54) is 0 Å². The summed E-state index contributed by atoms with van der Waals surface area (Å²) in [7, 11) is -2.40. The van der Waals surface area contributed by atoms with Crippen LogP contribution >= 0.6 is 0 Å². The zero-order valence-electron chi connectivity index (χ0n) is 33.3. The number of benzene rings is 5. The molecule has 10 atom stereocenters. The average Bonchev–Trinajstić information content (AvgIpc) is 3.71. The Balaban J connectivity index is 1.25. The lowest BCUT2D eigenvalue weighted by atomic mass is 9.95. The first-order chi connectivity index (χ1) is 28.6. The molecule has 5 aromatic rings. The van der Waals surface area contributed by atoms with Crippen LogP contribution in [-0.2, 0) is 46.4 Å². The van der Waals surface area contributed by atoms with Crippen LogP contribution in [0.15, 0.2) is 139 Å². The minimum Gasteiger partial charge on any atom is -0.390 e. The molecule has 3 aliphatic heterocycles.